The number of alkyl halides is 2. The number of nitrogens with one attached hydrogen (secondary N) is 1. The van der Waals surface area contributed by atoms with Gasteiger partial charge in [0.1, 0.15) is 0 Å². The molecule has 2 unspecified atom stereocenters. The zero-order valence-corrected chi connectivity index (χ0v) is 8.15. The zero-order chi connectivity index (χ0) is 10.1. The molecule has 0 radical (unpaired) electrons. The Morgan fingerprint density at radius 2 is 2.08 bits per heavy atom. The van der Waals surface area contributed by atoms with E-state index < -0.39 is 22.3 Å². The molecule has 1 aliphatic heterocycles. The van der Waals surface area contributed by atoms with Crippen molar-refractivity contribution in [3.05, 3.63) is 0 Å². The number of hydrogen-bond donors (Lipinski definition) is 1. The highest BCUT2D eigenvalue weighted by Crippen LogP contribution is 2.13. The molecule has 78 valence electrons. The Hall–Kier alpha value is -0.230. The molecular formula is C7H13F2NO2S. The van der Waals surface area contributed by atoms with Gasteiger partial charge in [-0.2, -0.15) is 0 Å². The molecule has 0 amide bonds. The zero-order valence-electron chi connectivity index (χ0n) is 7.33. The van der Waals surface area contributed by atoms with Crippen LogP contribution in [-0.2, 0) is 9.84 Å². The number of hydrogen-bond acceptors (Lipinski definition) is 3. The van der Waals surface area contributed by atoms with Crippen LogP contribution in [0.1, 0.15) is 13.3 Å². The first-order chi connectivity index (χ1) is 5.91. The van der Waals surface area contributed by atoms with Crippen molar-refractivity contribution >= 4 is 9.84 Å². The molecule has 0 spiro atoms. The van der Waals surface area contributed by atoms with E-state index in [4.69, 9.17) is 0 Å². The molecule has 1 N–H and O–H groups in total. The van der Waals surface area contributed by atoms with Crippen LogP contribution in [0, 0.1) is 0 Å². The summed E-state index contributed by atoms with van der Waals surface area (Å²) >= 11 is 0. The van der Waals surface area contributed by atoms with Crippen LogP contribution in [0.4, 0.5) is 8.78 Å². The molecule has 0 bridgehead atoms. The average molecular weight is 213 g/mol. The molecule has 3 nitrogen and oxygen atoms in total. The van der Waals surface area contributed by atoms with E-state index in [9.17, 15) is 17.2 Å². The standard InChI is InChI=1S/C7H13F2NO2S/c1-5(7(8)9)10-6-2-3-13(11,12)4-6/h5-7,10H,2-4H2,1H3. The van der Waals surface area contributed by atoms with E-state index in [0.29, 0.717) is 6.42 Å². The van der Waals surface area contributed by atoms with Crippen molar-refractivity contribution in [2.75, 3.05) is 11.5 Å². The van der Waals surface area contributed by atoms with Gasteiger partial charge in [0.05, 0.1) is 17.5 Å². The van der Waals surface area contributed by atoms with Gasteiger partial charge in [-0.1, -0.05) is 0 Å². The minimum atomic E-state index is -2.97. The molecule has 1 saturated heterocycles. The van der Waals surface area contributed by atoms with E-state index >= 15 is 0 Å². The van der Waals surface area contributed by atoms with E-state index in [1.54, 1.807) is 0 Å². The first-order valence-corrected chi connectivity index (χ1v) is 5.97. The van der Waals surface area contributed by atoms with Gasteiger partial charge in [-0.15, -0.1) is 0 Å². The molecule has 1 fully saturated rings. The van der Waals surface area contributed by atoms with Gasteiger partial charge in [0, 0.05) is 6.04 Å². The lowest BCUT2D eigenvalue weighted by molar-refractivity contribution is 0.101. The van der Waals surface area contributed by atoms with Crippen LogP contribution in [-0.4, -0.2) is 38.4 Å². The molecule has 0 saturated carbocycles. The second kappa shape index (κ2) is 3.88. The molecule has 0 aliphatic carbocycles. The van der Waals surface area contributed by atoms with Crippen molar-refractivity contribution in [3.63, 3.8) is 0 Å². The summed E-state index contributed by atoms with van der Waals surface area (Å²) in [4.78, 5) is 0. The summed E-state index contributed by atoms with van der Waals surface area (Å²) in [6.07, 6.45) is -2.00. The van der Waals surface area contributed by atoms with Gasteiger partial charge in [0.2, 0.25) is 0 Å². The largest absolute Gasteiger partial charge is 0.305 e. The molecule has 0 aromatic carbocycles. The van der Waals surface area contributed by atoms with Crippen LogP contribution in [0.2, 0.25) is 0 Å². The smallest absolute Gasteiger partial charge is 0.253 e. The van der Waals surface area contributed by atoms with E-state index in [-0.39, 0.29) is 17.5 Å². The lowest BCUT2D eigenvalue weighted by Crippen LogP contribution is -2.41. The fraction of sp³-hybridized carbons (Fsp3) is 1.00. The van der Waals surface area contributed by atoms with Crippen LogP contribution in [0.15, 0.2) is 0 Å². The highest BCUT2D eigenvalue weighted by Gasteiger charge is 2.30. The molecule has 0 aromatic rings. The van der Waals surface area contributed by atoms with Gasteiger partial charge in [0.15, 0.2) is 9.84 Å². The maximum atomic E-state index is 12.1. The van der Waals surface area contributed by atoms with Crippen molar-refractivity contribution in [2.24, 2.45) is 0 Å². The van der Waals surface area contributed by atoms with Crippen molar-refractivity contribution < 1.29 is 17.2 Å². The van der Waals surface area contributed by atoms with Crippen molar-refractivity contribution in [3.8, 4) is 0 Å². The summed E-state index contributed by atoms with van der Waals surface area (Å²) in [6, 6.07) is -1.23. The summed E-state index contributed by atoms with van der Waals surface area (Å²) in [7, 11) is -2.97. The minimum Gasteiger partial charge on any atom is -0.305 e. The maximum absolute atomic E-state index is 12.1. The topological polar surface area (TPSA) is 46.2 Å². The maximum Gasteiger partial charge on any atom is 0.253 e. The Morgan fingerprint density at radius 3 is 2.46 bits per heavy atom. The summed E-state index contributed by atoms with van der Waals surface area (Å²) in [5, 5.41) is 2.60. The van der Waals surface area contributed by atoms with Gasteiger partial charge in [-0.05, 0) is 13.3 Å². The Kier molecular flexibility index (Phi) is 3.23. The fourth-order valence-corrected chi connectivity index (χ4v) is 3.06. The third kappa shape index (κ3) is 3.19. The first kappa shape index (κ1) is 10.8. The Bertz CT molecular complexity index is 266. The first-order valence-electron chi connectivity index (χ1n) is 4.15. The highest BCUT2D eigenvalue weighted by atomic mass is 32.2. The van der Waals surface area contributed by atoms with Crippen LogP contribution in [0.25, 0.3) is 0 Å². The molecule has 2 atom stereocenters. The quantitative estimate of drug-likeness (QED) is 0.739. The van der Waals surface area contributed by atoms with Crippen LogP contribution < -0.4 is 5.32 Å². The lowest BCUT2D eigenvalue weighted by atomic mass is 10.2. The van der Waals surface area contributed by atoms with Gasteiger partial charge in [-0.3, -0.25) is 0 Å². The van der Waals surface area contributed by atoms with Crippen molar-refractivity contribution in [1.29, 1.82) is 0 Å². The SMILES string of the molecule is CC(NC1CCS(=O)(=O)C1)C(F)F. The molecule has 0 aromatic heterocycles. The Balaban J connectivity index is 2.41. The van der Waals surface area contributed by atoms with E-state index in [1.807, 2.05) is 0 Å². The normalized spacial score (nSPS) is 29.4. The van der Waals surface area contributed by atoms with Gasteiger partial charge < -0.3 is 5.32 Å². The van der Waals surface area contributed by atoms with E-state index in [1.165, 1.54) is 6.92 Å². The molecule has 13 heavy (non-hydrogen) atoms. The lowest BCUT2D eigenvalue weighted by Gasteiger charge is -2.16. The van der Waals surface area contributed by atoms with Crippen LogP contribution in [0.5, 0.6) is 0 Å². The van der Waals surface area contributed by atoms with E-state index in [2.05, 4.69) is 5.32 Å². The van der Waals surface area contributed by atoms with Gasteiger partial charge >= 0.3 is 0 Å². The third-order valence-electron chi connectivity index (χ3n) is 2.11. The van der Waals surface area contributed by atoms with Crippen molar-refractivity contribution in [1.82, 2.24) is 5.32 Å². The number of rotatable bonds is 3. The van der Waals surface area contributed by atoms with Crippen LogP contribution >= 0.6 is 0 Å². The fourth-order valence-electron chi connectivity index (χ4n) is 1.37. The summed E-state index contributed by atoms with van der Waals surface area (Å²) in [5.74, 6) is 0.102. The Morgan fingerprint density at radius 1 is 1.46 bits per heavy atom. The summed E-state index contributed by atoms with van der Waals surface area (Å²) < 4.78 is 46.1. The van der Waals surface area contributed by atoms with Crippen LogP contribution in [0.3, 0.4) is 0 Å². The van der Waals surface area contributed by atoms with Gasteiger partial charge in [0.25, 0.3) is 6.43 Å². The highest BCUT2D eigenvalue weighted by molar-refractivity contribution is 7.91. The number of halogens is 2. The minimum absolute atomic E-state index is 0.00986. The number of sulfone groups is 1. The second-order valence-corrected chi connectivity index (χ2v) is 5.62. The molecule has 1 aliphatic rings. The molecule has 6 heteroatoms. The molecular weight excluding hydrogens is 200 g/mol. The summed E-state index contributed by atoms with van der Waals surface area (Å²) in [5.41, 5.74) is 0. The second-order valence-electron chi connectivity index (χ2n) is 3.39. The predicted molar refractivity (Wildman–Crippen MR) is 45.7 cm³/mol. The Labute approximate surface area is 76.4 Å². The predicted octanol–water partition coefficient (Wildman–Crippen LogP) is 0.417. The summed E-state index contributed by atoms with van der Waals surface area (Å²) in [6.45, 7) is 1.36. The van der Waals surface area contributed by atoms with E-state index in [0.717, 1.165) is 0 Å². The van der Waals surface area contributed by atoms with Gasteiger partial charge in [-0.25, -0.2) is 17.2 Å². The monoisotopic (exact) mass is 213 g/mol. The third-order valence-corrected chi connectivity index (χ3v) is 3.88. The molecule has 1 heterocycles. The average Bonchev–Trinajstić information content (AvgIpc) is 2.30. The molecule has 1 rings (SSSR count). The van der Waals surface area contributed by atoms with Crippen molar-refractivity contribution in [2.45, 2.75) is 31.9 Å².